The van der Waals surface area contributed by atoms with Crippen molar-refractivity contribution in [1.82, 2.24) is 19.9 Å². The predicted octanol–water partition coefficient (Wildman–Crippen LogP) is 10.8. The number of carbonyl (C=O) groups excluding carboxylic acids is 2. The molecule has 16 nitrogen and oxygen atoms in total. The summed E-state index contributed by atoms with van der Waals surface area (Å²) in [7, 11) is 2.58. The van der Waals surface area contributed by atoms with Crippen molar-refractivity contribution in [2.24, 2.45) is 0 Å². The van der Waals surface area contributed by atoms with Gasteiger partial charge in [0, 0.05) is 52.7 Å². The molecule has 0 spiro atoms. The van der Waals surface area contributed by atoms with Crippen LogP contribution in [0.1, 0.15) is 157 Å². The van der Waals surface area contributed by atoms with Crippen LogP contribution in [-0.4, -0.2) is 93.9 Å². The monoisotopic (exact) mass is 1090 g/mol. The fraction of sp³-hybridized carbons (Fsp3) is 0.433. The molecule has 78 heavy (non-hydrogen) atoms. The number of hydrogen-bond donors (Lipinski definition) is 2. The number of nitrogens with one attached hydrogen (secondary N) is 2. The summed E-state index contributed by atoms with van der Waals surface area (Å²) in [6, 6.07) is 19.0. The molecule has 3 heterocycles. The Morgan fingerprint density at radius 2 is 1.13 bits per heavy atom. The number of benzene rings is 4. The molecule has 1 aliphatic carbocycles. The molecule has 2 N–H and O–H groups in total. The SMILES string of the molecule is COc1c(C2CC2c2ccc(NS(C)(=O)=O)cc2)cc(-c2ncc[nH]c2=O)cc1C(C)(C)C.COc1c(C=O)cc(B2OC(C)(C)C(C)(C)O2)cc1C(C)(C)C.COc1nccnc1-c1cc(C=O)c(OC)c(C(C)(C)C)c1. The zero-order chi connectivity index (χ0) is 57.9. The van der Waals surface area contributed by atoms with Crippen LogP contribution >= 0.6 is 0 Å². The number of methoxy groups -OCH3 is 4. The van der Waals surface area contributed by atoms with Gasteiger partial charge in [0.05, 0.1) is 57.0 Å². The van der Waals surface area contributed by atoms with E-state index in [0.29, 0.717) is 45.6 Å². The Morgan fingerprint density at radius 3 is 1.62 bits per heavy atom. The molecular weight excluding hydrogens is 1010 g/mol. The van der Waals surface area contributed by atoms with E-state index >= 15 is 0 Å². The molecule has 8 rings (SSSR count). The van der Waals surface area contributed by atoms with Crippen LogP contribution in [0.4, 0.5) is 5.69 Å². The maximum absolute atomic E-state index is 12.5. The zero-order valence-corrected chi connectivity index (χ0v) is 49.2. The predicted molar refractivity (Wildman–Crippen MR) is 308 cm³/mol. The molecule has 0 bridgehead atoms. The van der Waals surface area contributed by atoms with E-state index in [0.717, 1.165) is 75.4 Å². The largest absolute Gasteiger partial charge is 0.496 e. The first-order chi connectivity index (χ1) is 36.3. The Morgan fingerprint density at radius 1 is 0.641 bits per heavy atom. The second-order valence-electron chi connectivity index (χ2n) is 23.7. The van der Waals surface area contributed by atoms with E-state index in [4.69, 9.17) is 28.3 Å². The third-order valence-corrected chi connectivity index (χ3v) is 14.7. The highest BCUT2D eigenvalue weighted by molar-refractivity contribution is 7.92. The molecular formula is C60H76BN5O11S. The van der Waals surface area contributed by atoms with Gasteiger partial charge in [0.2, 0.25) is 15.9 Å². The molecule has 1 saturated carbocycles. The Hall–Kier alpha value is -6.89. The number of nitrogens with zero attached hydrogens (tertiary/aromatic N) is 3. The minimum atomic E-state index is -3.31. The number of H-pyrrole nitrogens is 1. The average Bonchev–Trinajstić information content (AvgIpc) is 4.14. The summed E-state index contributed by atoms with van der Waals surface area (Å²) in [4.78, 5) is 51.0. The first-order valence-corrected chi connectivity index (χ1v) is 27.6. The summed E-state index contributed by atoms with van der Waals surface area (Å²) >= 11 is 0. The number of aromatic nitrogens is 4. The fourth-order valence-electron chi connectivity index (χ4n) is 9.32. The van der Waals surface area contributed by atoms with Crippen LogP contribution in [-0.2, 0) is 35.6 Å². The highest BCUT2D eigenvalue weighted by Crippen LogP contribution is 2.58. The zero-order valence-electron chi connectivity index (χ0n) is 48.4. The summed E-state index contributed by atoms with van der Waals surface area (Å²) in [5.41, 5.74) is 8.46. The van der Waals surface area contributed by atoms with Gasteiger partial charge in [0.15, 0.2) is 12.6 Å². The van der Waals surface area contributed by atoms with Crippen LogP contribution < -0.4 is 34.7 Å². The average molecular weight is 1090 g/mol. The van der Waals surface area contributed by atoms with Gasteiger partial charge in [-0.15, -0.1) is 0 Å². The lowest BCUT2D eigenvalue weighted by Gasteiger charge is -2.32. The number of aromatic amines is 1. The number of sulfonamides is 1. The topological polar surface area (TPSA) is 207 Å². The van der Waals surface area contributed by atoms with Crippen molar-refractivity contribution in [1.29, 1.82) is 0 Å². The van der Waals surface area contributed by atoms with Crippen LogP contribution in [0.3, 0.4) is 0 Å². The van der Waals surface area contributed by atoms with Gasteiger partial charge in [0.1, 0.15) is 28.6 Å². The second kappa shape index (κ2) is 23.2. The lowest BCUT2D eigenvalue weighted by atomic mass is 9.74. The van der Waals surface area contributed by atoms with E-state index in [1.807, 2.05) is 64.1 Å². The van der Waals surface area contributed by atoms with Crippen molar-refractivity contribution in [3.8, 4) is 45.6 Å². The molecule has 6 aromatic rings. The lowest BCUT2D eigenvalue weighted by Crippen LogP contribution is -2.41. The third kappa shape index (κ3) is 13.7. The van der Waals surface area contributed by atoms with Gasteiger partial charge in [-0.2, -0.15) is 0 Å². The molecule has 18 heteroatoms. The van der Waals surface area contributed by atoms with Crippen LogP contribution in [0.5, 0.6) is 23.1 Å². The highest BCUT2D eigenvalue weighted by Gasteiger charge is 2.52. The number of aldehydes is 2. The maximum atomic E-state index is 12.5. The third-order valence-electron chi connectivity index (χ3n) is 14.1. The summed E-state index contributed by atoms with van der Waals surface area (Å²) in [5, 5.41) is 0. The first kappa shape index (κ1) is 60.3. The first-order valence-electron chi connectivity index (χ1n) is 25.7. The molecule has 0 radical (unpaired) electrons. The molecule has 2 fully saturated rings. The standard InChI is InChI=1S/C25H29N3O4S.C18H27BO4.C17H20N2O3/c1-25(2,3)21-13-16(22-24(29)27-11-10-26-22)12-20(23(21)32-4)19-14-18(19)15-6-8-17(9-7-15)28-33(5,30)31;1-16(2,3)14-10-13(9-12(11-20)15(14)21-8)19-22-17(4,5)18(6,7)23-19;1-17(2,3)13-9-11(8-12(10-20)15(13)21-4)14-16(22-5)19-7-6-18-14/h6-13,18-19,28H,14H2,1-5H3,(H,27,29);9-11H,1-8H3;6-10H,1-5H3. The Balaban J connectivity index is 0.000000195. The van der Waals surface area contributed by atoms with Crippen molar-refractivity contribution in [3.63, 3.8) is 0 Å². The Kier molecular flexibility index (Phi) is 18.0. The van der Waals surface area contributed by atoms with Gasteiger partial charge in [0.25, 0.3) is 5.56 Å². The van der Waals surface area contributed by atoms with E-state index < -0.39 is 28.3 Å². The van der Waals surface area contributed by atoms with Crippen molar-refractivity contribution in [3.05, 3.63) is 135 Å². The second-order valence-corrected chi connectivity index (χ2v) is 25.4. The Labute approximate surface area is 460 Å². The smallest absolute Gasteiger partial charge is 0.494 e. The molecule has 1 saturated heterocycles. The minimum Gasteiger partial charge on any atom is -0.496 e. The molecule has 4 aromatic carbocycles. The van der Waals surface area contributed by atoms with Crippen LogP contribution in [0.2, 0.25) is 0 Å². The molecule has 2 aliphatic rings. The normalized spacial score (nSPS) is 16.6. The van der Waals surface area contributed by atoms with Crippen molar-refractivity contribution in [2.75, 3.05) is 39.4 Å². The summed E-state index contributed by atoms with van der Waals surface area (Å²) < 4.78 is 59.7. The van der Waals surface area contributed by atoms with E-state index in [1.54, 1.807) is 71.3 Å². The molecule has 2 aromatic heterocycles. The van der Waals surface area contributed by atoms with Gasteiger partial charge in [-0.05, 0) is 127 Å². The van der Waals surface area contributed by atoms with Crippen molar-refractivity contribution >= 4 is 40.9 Å². The van der Waals surface area contributed by atoms with E-state index in [9.17, 15) is 22.8 Å². The number of anilines is 1. The molecule has 0 amide bonds. The number of hydrogen-bond acceptors (Lipinski definition) is 14. The lowest BCUT2D eigenvalue weighted by molar-refractivity contribution is 0.00578. The molecule has 2 atom stereocenters. The van der Waals surface area contributed by atoms with Crippen LogP contribution in [0, 0.1) is 0 Å². The number of rotatable bonds is 13. The van der Waals surface area contributed by atoms with Crippen LogP contribution in [0.15, 0.2) is 90.2 Å². The van der Waals surface area contributed by atoms with Gasteiger partial charge >= 0.3 is 7.12 Å². The summed E-state index contributed by atoms with van der Waals surface area (Å²) in [6.07, 6.45) is 9.97. The van der Waals surface area contributed by atoms with Gasteiger partial charge in [-0.1, -0.05) is 80.5 Å². The van der Waals surface area contributed by atoms with Gasteiger partial charge in [-0.25, -0.2) is 23.4 Å². The van der Waals surface area contributed by atoms with Gasteiger partial charge in [-0.3, -0.25) is 19.1 Å². The highest BCUT2D eigenvalue weighted by atomic mass is 32.2. The molecule has 2 unspecified atom stereocenters. The molecule has 416 valence electrons. The molecule has 1 aliphatic heterocycles. The van der Waals surface area contributed by atoms with Gasteiger partial charge < -0.3 is 33.2 Å². The number of carbonyl (C=O) groups is 2. The van der Waals surface area contributed by atoms with Crippen molar-refractivity contribution in [2.45, 2.75) is 136 Å². The Bertz CT molecular complexity index is 3300. The fourth-order valence-corrected chi connectivity index (χ4v) is 9.88. The van der Waals surface area contributed by atoms with Crippen molar-refractivity contribution < 1.29 is 46.3 Å². The summed E-state index contributed by atoms with van der Waals surface area (Å²) in [5.74, 6) is 3.00. The maximum Gasteiger partial charge on any atom is 0.494 e. The van der Waals surface area contributed by atoms with E-state index in [-0.39, 0.29) is 33.6 Å². The van der Waals surface area contributed by atoms with E-state index in [1.165, 1.54) is 6.20 Å². The van der Waals surface area contributed by atoms with Crippen LogP contribution in [0.25, 0.3) is 22.5 Å². The quantitative estimate of drug-likeness (QED) is 0.0815. The minimum absolute atomic E-state index is 0.164. The summed E-state index contributed by atoms with van der Waals surface area (Å²) in [6.45, 7) is 26.9. The van der Waals surface area contributed by atoms with E-state index in [2.05, 4.69) is 87.0 Å². The number of ether oxygens (including phenoxy) is 4.